The number of hydrogen-bond donors (Lipinski definition) is 0. The molecule has 0 saturated carbocycles. The standard InChI is InChI=1S/C7H4Cl2N4S/c1-3-5(8)10-7(11-6(3)9)4-2-14-13-12-4/h2H,1H3. The fourth-order valence-corrected chi connectivity index (χ4v) is 1.66. The highest BCUT2D eigenvalue weighted by Gasteiger charge is 2.10. The second-order valence-corrected chi connectivity index (χ2v) is 3.87. The van der Waals surface area contributed by atoms with Crippen molar-refractivity contribution >= 4 is 34.7 Å². The van der Waals surface area contributed by atoms with E-state index in [-0.39, 0.29) is 0 Å². The summed E-state index contributed by atoms with van der Waals surface area (Å²) in [5.74, 6) is 0.402. The van der Waals surface area contributed by atoms with Crippen molar-refractivity contribution in [3.8, 4) is 11.5 Å². The lowest BCUT2D eigenvalue weighted by atomic mass is 10.3. The molecule has 0 fully saturated rings. The van der Waals surface area contributed by atoms with Gasteiger partial charge in [0.2, 0.25) is 0 Å². The Hall–Kier alpha value is -0.780. The van der Waals surface area contributed by atoms with Crippen molar-refractivity contribution < 1.29 is 0 Å². The van der Waals surface area contributed by atoms with Crippen molar-refractivity contribution in [1.29, 1.82) is 0 Å². The summed E-state index contributed by atoms with van der Waals surface area (Å²) >= 11 is 12.9. The third kappa shape index (κ3) is 1.70. The second-order valence-electron chi connectivity index (χ2n) is 2.54. The molecule has 0 atom stereocenters. The van der Waals surface area contributed by atoms with Crippen LogP contribution in [-0.2, 0) is 0 Å². The zero-order valence-corrected chi connectivity index (χ0v) is 9.36. The minimum Gasteiger partial charge on any atom is -0.214 e. The molecule has 0 radical (unpaired) electrons. The molecule has 2 rings (SSSR count). The summed E-state index contributed by atoms with van der Waals surface area (Å²) < 4.78 is 3.71. The van der Waals surface area contributed by atoms with E-state index in [4.69, 9.17) is 23.2 Å². The Labute approximate surface area is 94.1 Å². The van der Waals surface area contributed by atoms with Gasteiger partial charge in [-0.2, -0.15) is 0 Å². The van der Waals surface area contributed by atoms with Crippen LogP contribution in [0.2, 0.25) is 10.3 Å². The quantitative estimate of drug-likeness (QED) is 0.727. The first-order valence-corrected chi connectivity index (χ1v) is 5.25. The van der Waals surface area contributed by atoms with E-state index >= 15 is 0 Å². The van der Waals surface area contributed by atoms with Crippen LogP contribution in [0.3, 0.4) is 0 Å². The summed E-state index contributed by atoms with van der Waals surface area (Å²) in [6.45, 7) is 1.76. The van der Waals surface area contributed by atoms with Crippen molar-refractivity contribution in [3.63, 3.8) is 0 Å². The highest BCUT2D eigenvalue weighted by Crippen LogP contribution is 2.23. The summed E-state index contributed by atoms with van der Waals surface area (Å²) in [6, 6.07) is 0. The van der Waals surface area contributed by atoms with Crippen molar-refractivity contribution in [3.05, 3.63) is 21.2 Å². The van der Waals surface area contributed by atoms with Crippen LogP contribution in [0.4, 0.5) is 0 Å². The molecule has 0 amide bonds. The number of rotatable bonds is 1. The first-order valence-electron chi connectivity index (χ1n) is 3.65. The Kier molecular flexibility index (Phi) is 2.62. The molecule has 0 aliphatic carbocycles. The van der Waals surface area contributed by atoms with Gasteiger partial charge in [0.15, 0.2) is 5.82 Å². The fraction of sp³-hybridized carbons (Fsp3) is 0.143. The van der Waals surface area contributed by atoms with Gasteiger partial charge in [0.1, 0.15) is 16.0 Å². The summed E-state index contributed by atoms with van der Waals surface area (Å²) in [5, 5.41) is 6.24. The van der Waals surface area contributed by atoms with E-state index < -0.39 is 0 Å². The molecule has 14 heavy (non-hydrogen) atoms. The van der Waals surface area contributed by atoms with Gasteiger partial charge in [-0.15, -0.1) is 5.10 Å². The van der Waals surface area contributed by atoms with Gasteiger partial charge in [0.05, 0.1) is 0 Å². The van der Waals surface area contributed by atoms with Gasteiger partial charge in [-0.1, -0.05) is 27.7 Å². The smallest absolute Gasteiger partial charge is 0.183 e. The molecule has 0 saturated heterocycles. The minimum atomic E-state index is 0.341. The number of nitrogens with zero attached hydrogens (tertiary/aromatic N) is 4. The average molecular weight is 247 g/mol. The fourth-order valence-electron chi connectivity index (χ4n) is 0.840. The normalized spacial score (nSPS) is 10.5. The van der Waals surface area contributed by atoms with Crippen LogP contribution in [0.15, 0.2) is 5.38 Å². The summed E-state index contributed by atoms with van der Waals surface area (Å²) in [6.07, 6.45) is 0. The van der Waals surface area contributed by atoms with Crippen LogP contribution < -0.4 is 0 Å². The Morgan fingerprint density at radius 2 is 1.86 bits per heavy atom. The van der Waals surface area contributed by atoms with Crippen LogP contribution in [0.1, 0.15) is 5.56 Å². The van der Waals surface area contributed by atoms with Crippen molar-refractivity contribution in [2.75, 3.05) is 0 Å². The zero-order chi connectivity index (χ0) is 10.1. The van der Waals surface area contributed by atoms with Crippen LogP contribution in [-0.4, -0.2) is 19.6 Å². The molecule has 2 aromatic heterocycles. The number of hydrogen-bond acceptors (Lipinski definition) is 5. The van der Waals surface area contributed by atoms with E-state index in [1.165, 1.54) is 11.5 Å². The predicted octanol–water partition coefficient (Wildman–Crippen LogP) is 2.61. The maximum absolute atomic E-state index is 5.86. The van der Waals surface area contributed by atoms with Crippen LogP contribution in [0.5, 0.6) is 0 Å². The highest BCUT2D eigenvalue weighted by molar-refractivity contribution is 7.03. The van der Waals surface area contributed by atoms with Gasteiger partial charge in [-0.05, 0) is 18.5 Å². The number of halogens is 2. The monoisotopic (exact) mass is 246 g/mol. The predicted molar refractivity (Wildman–Crippen MR) is 55.7 cm³/mol. The molecule has 72 valence electrons. The lowest BCUT2D eigenvalue weighted by Crippen LogP contribution is -1.94. The first-order chi connectivity index (χ1) is 6.68. The summed E-state index contributed by atoms with van der Waals surface area (Å²) in [5.41, 5.74) is 1.25. The number of aromatic nitrogens is 4. The van der Waals surface area contributed by atoms with Gasteiger partial charge in [-0.25, -0.2) is 9.97 Å². The molecule has 0 aromatic carbocycles. The van der Waals surface area contributed by atoms with Crippen LogP contribution in [0.25, 0.3) is 11.5 Å². The molecule has 0 aliphatic rings. The summed E-state index contributed by atoms with van der Waals surface area (Å²) in [7, 11) is 0. The molecular formula is C7H4Cl2N4S. The molecule has 0 aliphatic heterocycles. The van der Waals surface area contributed by atoms with Gasteiger partial charge < -0.3 is 0 Å². The highest BCUT2D eigenvalue weighted by atomic mass is 35.5. The summed E-state index contributed by atoms with van der Waals surface area (Å²) in [4.78, 5) is 8.10. The van der Waals surface area contributed by atoms with Gasteiger partial charge in [0.25, 0.3) is 0 Å². The van der Waals surface area contributed by atoms with Crippen LogP contribution >= 0.6 is 34.7 Å². The van der Waals surface area contributed by atoms with Gasteiger partial charge >= 0.3 is 0 Å². The second kappa shape index (κ2) is 3.76. The zero-order valence-electron chi connectivity index (χ0n) is 7.03. The largest absolute Gasteiger partial charge is 0.214 e. The van der Waals surface area contributed by atoms with E-state index in [0.717, 1.165) is 0 Å². The van der Waals surface area contributed by atoms with Crippen molar-refractivity contribution in [1.82, 2.24) is 19.6 Å². The van der Waals surface area contributed by atoms with Crippen molar-refractivity contribution in [2.45, 2.75) is 6.92 Å². The third-order valence-electron chi connectivity index (χ3n) is 1.62. The molecule has 0 spiro atoms. The lowest BCUT2D eigenvalue weighted by Gasteiger charge is -2.01. The Balaban J connectivity index is 2.57. The first kappa shape index (κ1) is 9.76. The Bertz CT molecular complexity index is 434. The topological polar surface area (TPSA) is 51.6 Å². The molecule has 0 bridgehead atoms. The molecule has 2 heterocycles. The maximum Gasteiger partial charge on any atom is 0.183 e. The van der Waals surface area contributed by atoms with E-state index in [1.807, 2.05) is 0 Å². The van der Waals surface area contributed by atoms with E-state index in [2.05, 4.69) is 19.6 Å². The molecule has 7 heteroatoms. The van der Waals surface area contributed by atoms with E-state index in [9.17, 15) is 0 Å². The van der Waals surface area contributed by atoms with Gasteiger partial charge in [0, 0.05) is 10.9 Å². The SMILES string of the molecule is Cc1c(Cl)nc(-c2csnn2)nc1Cl. The van der Waals surface area contributed by atoms with Crippen molar-refractivity contribution in [2.24, 2.45) is 0 Å². The molecular weight excluding hydrogens is 243 g/mol. The molecule has 0 N–H and O–H groups in total. The minimum absolute atomic E-state index is 0.341. The van der Waals surface area contributed by atoms with Crippen LogP contribution in [0, 0.1) is 6.92 Å². The van der Waals surface area contributed by atoms with Gasteiger partial charge in [-0.3, -0.25) is 0 Å². The molecule has 0 unspecified atom stereocenters. The molecule has 2 aromatic rings. The van der Waals surface area contributed by atoms with E-state index in [0.29, 0.717) is 27.4 Å². The maximum atomic E-state index is 5.86. The lowest BCUT2D eigenvalue weighted by molar-refractivity contribution is 1.08. The Morgan fingerprint density at radius 1 is 1.21 bits per heavy atom. The average Bonchev–Trinajstić information content (AvgIpc) is 2.66. The molecule has 4 nitrogen and oxygen atoms in total. The Morgan fingerprint density at radius 3 is 2.36 bits per heavy atom. The van der Waals surface area contributed by atoms with E-state index in [1.54, 1.807) is 12.3 Å². The third-order valence-corrected chi connectivity index (χ3v) is 2.86.